The zero-order valence-electron chi connectivity index (χ0n) is 9.60. The second kappa shape index (κ2) is 2.87. The van der Waals surface area contributed by atoms with Crippen molar-refractivity contribution in [2.45, 2.75) is 43.9 Å². The number of rotatable bonds is 1. The molecular formula is C11H14FNO4. The van der Waals surface area contributed by atoms with Crippen LogP contribution in [-0.4, -0.2) is 35.4 Å². The van der Waals surface area contributed by atoms with Gasteiger partial charge < -0.3 is 15.2 Å². The summed E-state index contributed by atoms with van der Waals surface area (Å²) in [6.07, 6.45) is -0.436. The van der Waals surface area contributed by atoms with Crippen LogP contribution in [0.2, 0.25) is 0 Å². The number of hydrogen-bond donors (Lipinski definition) is 1. The molecule has 1 amide bonds. The molecule has 3 aliphatic rings. The minimum Gasteiger partial charge on any atom is -0.367 e. The molecule has 1 aliphatic heterocycles. The highest BCUT2D eigenvalue weighted by Gasteiger charge is 2.86. The van der Waals surface area contributed by atoms with E-state index >= 15 is 0 Å². The first kappa shape index (κ1) is 11.1. The Balaban J connectivity index is 1.96. The molecule has 5 nitrogen and oxygen atoms in total. The average molecular weight is 243 g/mol. The Morgan fingerprint density at radius 1 is 1.41 bits per heavy atom. The molecular weight excluding hydrogens is 229 g/mol. The molecule has 1 saturated heterocycles. The third-order valence-electron chi connectivity index (χ3n) is 4.18. The Kier molecular flexibility index (Phi) is 1.87. The van der Waals surface area contributed by atoms with E-state index in [4.69, 9.17) is 15.2 Å². The Bertz CT molecular complexity index is 416. The maximum absolute atomic E-state index is 14.3. The maximum atomic E-state index is 14.3. The van der Waals surface area contributed by atoms with E-state index in [1.165, 1.54) is 0 Å². The lowest BCUT2D eigenvalue weighted by atomic mass is 10.0. The van der Waals surface area contributed by atoms with Crippen LogP contribution < -0.4 is 5.73 Å². The van der Waals surface area contributed by atoms with Gasteiger partial charge in [-0.2, -0.15) is 0 Å². The van der Waals surface area contributed by atoms with Gasteiger partial charge in [-0.15, -0.1) is 0 Å². The van der Waals surface area contributed by atoms with E-state index in [0.29, 0.717) is 0 Å². The van der Waals surface area contributed by atoms with Crippen molar-refractivity contribution in [2.24, 2.45) is 17.6 Å². The van der Waals surface area contributed by atoms with Gasteiger partial charge in [0.25, 0.3) is 5.91 Å². The minimum atomic E-state index is -2.28. The fourth-order valence-corrected chi connectivity index (χ4v) is 3.20. The molecule has 0 bridgehead atoms. The van der Waals surface area contributed by atoms with Crippen LogP contribution in [-0.2, 0) is 19.1 Å². The number of carbonyl (C=O) groups excluding carboxylic acids is 2. The number of hydrogen-bond acceptors (Lipinski definition) is 4. The van der Waals surface area contributed by atoms with Crippen LogP contribution in [0, 0.1) is 11.8 Å². The summed E-state index contributed by atoms with van der Waals surface area (Å²) in [5, 5.41) is 0. The number of carbonyl (C=O) groups is 2. The molecule has 6 heteroatoms. The lowest BCUT2D eigenvalue weighted by molar-refractivity contribution is -0.193. The summed E-state index contributed by atoms with van der Waals surface area (Å²) in [4.78, 5) is 22.8. The number of nitrogens with two attached hydrogens (primary N) is 1. The molecule has 0 aromatic carbocycles. The predicted molar refractivity (Wildman–Crippen MR) is 53.5 cm³/mol. The second-order valence-electron chi connectivity index (χ2n) is 5.19. The lowest BCUT2D eigenvalue weighted by Gasteiger charge is -2.26. The summed E-state index contributed by atoms with van der Waals surface area (Å²) >= 11 is 0. The number of ether oxygens (including phenoxy) is 2. The van der Waals surface area contributed by atoms with Crippen molar-refractivity contribution in [3.63, 3.8) is 0 Å². The smallest absolute Gasteiger partial charge is 0.256 e. The summed E-state index contributed by atoms with van der Waals surface area (Å²) < 4.78 is 25.5. The van der Waals surface area contributed by atoms with Gasteiger partial charge in [0, 0.05) is 0 Å². The van der Waals surface area contributed by atoms with E-state index in [1.807, 2.05) is 0 Å². The zero-order chi connectivity index (χ0) is 12.6. The number of Topliss-reactive ketones (excluding diaryl/α,β-unsaturated/α-hetero) is 1. The summed E-state index contributed by atoms with van der Waals surface area (Å²) in [5.74, 6) is -4.55. The molecule has 0 radical (unpaired) electrons. The molecule has 1 spiro atoms. The summed E-state index contributed by atoms with van der Waals surface area (Å²) in [5.41, 5.74) is 2.75. The molecule has 3 fully saturated rings. The van der Waals surface area contributed by atoms with Crippen molar-refractivity contribution in [1.82, 2.24) is 0 Å². The third-order valence-corrected chi connectivity index (χ3v) is 4.18. The van der Waals surface area contributed by atoms with Crippen molar-refractivity contribution in [2.75, 3.05) is 0 Å². The van der Waals surface area contributed by atoms with E-state index in [0.717, 1.165) is 0 Å². The first-order valence-corrected chi connectivity index (χ1v) is 5.70. The minimum absolute atomic E-state index is 0.00988. The van der Waals surface area contributed by atoms with Crippen LogP contribution in [0.3, 0.4) is 0 Å². The molecule has 2 saturated carbocycles. The molecule has 0 unspecified atom stereocenters. The third kappa shape index (κ3) is 1.10. The standard InChI is InChI=1S/C11H14FNO4/c1-4-5(2)17-10(16-4)3-6(14)7-8(10)11(7,12)9(13)15/h4-5,7-8H,3H2,1-2H3,(H2,13,15)/t4-,5-,7-,8-,11-/m0/s1. The fraction of sp³-hybridized carbons (Fsp3) is 0.818. The van der Waals surface area contributed by atoms with Crippen molar-refractivity contribution in [1.29, 1.82) is 0 Å². The second-order valence-corrected chi connectivity index (χ2v) is 5.19. The Morgan fingerprint density at radius 2 is 1.94 bits per heavy atom. The molecule has 5 atom stereocenters. The monoisotopic (exact) mass is 243 g/mol. The van der Waals surface area contributed by atoms with Crippen molar-refractivity contribution < 1.29 is 23.5 Å². The van der Waals surface area contributed by atoms with Gasteiger partial charge in [-0.1, -0.05) is 0 Å². The highest BCUT2D eigenvalue weighted by Crippen LogP contribution is 2.68. The van der Waals surface area contributed by atoms with E-state index in [9.17, 15) is 14.0 Å². The molecule has 94 valence electrons. The number of ketones is 1. The zero-order valence-corrected chi connectivity index (χ0v) is 9.60. The molecule has 3 rings (SSSR count). The number of alkyl halides is 1. The van der Waals surface area contributed by atoms with Crippen LogP contribution in [0.5, 0.6) is 0 Å². The molecule has 2 N–H and O–H groups in total. The van der Waals surface area contributed by atoms with Gasteiger partial charge in [0.15, 0.2) is 5.79 Å². The summed E-state index contributed by atoms with van der Waals surface area (Å²) in [7, 11) is 0. The van der Waals surface area contributed by atoms with Crippen molar-refractivity contribution in [3.05, 3.63) is 0 Å². The van der Waals surface area contributed by atoms with E-state index in [2.05, 4.69) is 0 Å². The van der Waals surface area contributed by atoms with Gasteiger partial charge in [-0.3, -0.25) is 9.59 Å². The fourth-order valence-electron chi connectivity index (χ4n) is 3.20. The number of primary amides is 1. The molecule has 0 aromatic heterocycles. The average Bonchev–Trinajstić information content (AvgIpc) is 2.64. The molecule has 2 aliphatic carbocycles. The summed E-state index contributed by atoms with van der Waals surface area (Å²) in [6, 6.07) is 0. The van der Waals surface area contributed by atoms with E-state index in [1.54, 1.807) is 13.8 Å². The van der Waals surface area contributed by atoms with Crippen LogP contribution in [0.4, 0.5) is 4.39 Å². The van der Waals surface area contributed by atoms with E-state index < -0.39 is 29.2 Å². The number of halogens is 1. The first-order chi connectivity index (χ1) is 7.83. The van der Waals surface area contributed by atoms with Gasteiger partial charge in [0.2, 0.25) is 5.67 Å². The normalized spacial score (nSPS) is 50.6. The molecule has 0 aromatic rings. The van der Waals surface area contributed by atoms with Gasteiger partial charge in [-0.25, -0.2) is 4.39 Å². The highest BCUT2D eigenvalue weighted by atomic mass is 19.1. The van der Waals surface area contributed by atoms with Gasteiger partial charge >= 0.3 is 0 Å². The van der Waals surface area contributed by atoms with Gasteiger partial charge in [0.1, 0.15) is 5.78 Å². The molecule has 17 heavy (non-hydrogen) atoms. The quantitative estimate of drug-likeness (QED) is 0.698. The maximum Gasteiger partial charge on any atom is 0.256 e. The number of amides is 1. The highest BCUT2D eigenvalue weighted by molar-refractivity contribution is 6.02. The predicted octanol–water partition coefficient (Wildman–Crippen LogP) is -0.0811. The Morgan fingerprint density at radius 3 is 2.35 bits per heavy atom. The number of fused-ring (bicyclic) bond motifs is 2. The van der Waals surface area contributed by atoms with E-state index in [-0.39, 0.29) is 24.4 Å². The van der Waals surface area contributed by atoms with Crippen LogP contribution in [0.15, 0.2) is 0 Å². The SMILES string of the molecule is C[C@@H]1OC2(CC(=O)[C@H]3[C@@H]2[C@]3(F)C(N)=O)O[C@H]1C. The summed E-state index contributed by atoms with van der Waals surface area (Å²) in [6.45, 7) is 3.59. The van der Waals surface area contributed by atoms with Gasteiger partial charge in [-0.05, 0) is 13.8 Å². The van der Waals surface area contributed by atoms with Crippen molar-refractivity contribution >= 4 is 11.7 Å². The van der Waals surface area contributed by atoms with Crippen LogP contribution in [0.1, 0.15) is 20.3 Å². The Labute approximate surface area is 97.4 Å². The first-order valence-electron chi connectivity index (χ1n) is 5.70. The molecule has 1 heterocycles. The van der Waals surface area contributed by atoms with Crippen LogP contribution >= 0.6 is 0 Å². The van der Waals surface area contributed by atoms with Gasteiger partial charge in [0.05, 0.1) is 30.5 Å². The topological polar surface area (TPSA) is 78.6 Å². The largest absolute Gasteiger partial charge is 0.367 e. The van der Waals surface area contributed by atoms with Crippen LogP contribution in [0.25, 0.3) is 0 Å². The van der Waals surface area contributed by atoms with Crippen molar-refractivity contribution in [3.8, 4) is 0 Å². The Hall–Kier alpha value is -1.01. The lowest BCUT2D eigenvalue weighted by Crippen LogP contribution is -2.43.